The Morgan fingerprint density at radius 2 is 2.33 bits per heavy atom. The molecule has 4 atom stereocenters. The van der Waals surface area contributed by atoms with Gasteiger partial charge in [0.1, 0.15) is 6.17 Å². The van der Waals surface area contributed by atoms with E-state index >= 15 is 0 Å². The molecule has 1 aromatic rings. The van der Waals surface area contributed by atoms with E-state index in [1.54, 1.807) is 11.3 Å². The molecule has 1 aliphatic carbocycles. The summed E-state index contributed by atoms with van der Waals surface area (Å²) in [5, 5.41) is 6.29. The molecule has 2 fully saturated rings. The number of carbonyl (C=O) groups excluding carboxylic acids is 1. The maximum Gasteiger partial charge on any atom is 0.241 e. The molecule has 1 amide bonds. The van der Waals surface area contributed by atoms with Gasteiger partial charge in [-0.25, -0.2) is 0 Å². The van der Waals surface area contributed by atoms with Gasteiger partial charge in [-0.15, -0.1) is 11.3 Å². The van der Waals surface area contributed by atoms with Crippen molar-refractivity contribution in [3.63, 3.8) is 0 Å². The molecule has 0 aromatic carbocycles. The molecule has 116 valence electrons. The summed E-state index contributed by atoms with van der Waals surface area (Å²) in [6, 6.07) is 4.64. The zero-order valence-electron chi connectivity index (χ0n) is 12.7. The Balaban J connectivity index is 1.87. The van der Waals surface area contributed by atoms with Crippen LogP contribution in [0.25, 0.3) is 0 Å². The molecule has 4 unspecified atom stereocenters. The van der Waals surface area contributed by atoms with Gasteiger partial charge >= 0.3 is 0 Å². The number of hydrogen-bond acceptors (Lipinski definition) is 4. The number of thiophene rings is 1. The minimum Gasteiger partial charge on any atom is -0.317 e. The van der Waals surface area contributed by atoms with Gasteiger partial charge in [0.2, 0.25) is 5.91 Å². The molecule has 0 radical (unpaired) electrons. The lowest BCUT2D eigenvalue weighted by atomic mass is 10.1. The largest absolute Gasteiger partial charge is 0.317 e. The molecule has 2 heterocycles. The predicted molar refractivity (Wildman–Crippen MR) is 90.7 cm³/mol. The average Bonchev–Trinajstić information content (AvgIpc) is 3.19. The first-order valence-corrected chi connectivity index (χ1v) is 10.1. The zero-order chi connectivity index (χ0) is 14.8. The number of hydrogen-bond donors (Lipinski definition) is 1. The molecule has 1 aromatic heterocycles. The fraction of sp³-hybridized carbons (Fsp3) is 0.688. The lowest BCUT2D eigenvalue weighted by Crippen LogP contribution is -2.43. The highest BCUT2D eigenvalue weighted by Gasteiger charge is 2.46. The smallest absolute Gasteiger partial charge is 0.241 e. The van der Waals surface area contributed by atoms with Crippen LogP contribution in [-0.4, -0.2) is 34.4 Å². The third-order valence-electron chi connectivity index (χ3n) is 4.66. The van der Waals surface area contributed by atoms with Gasteiger partial charge in [-0.1, -0.05) is 25.8 Å². The van der Waals surface area contributed by atoms with Gasteiger partial charge < -0.3 is 4.90 Å². The topological polar surface area (TPSA) is 32.3 Å². The molecule has 0 spiro atoms. The van der Waals surface area contributed by atoms with Crippen molar-refractivity contribution in [2.45, 2.75) is 62.5 Å². The maximum atomic E-state index is 12.9. The summed E-state index contributed by atoms with van der Waals surface area (Å²) >= 11 is 3.68. The number of carbonyl (C=O) groups is 1. The third kappa shape index (κ3) is 2.88. The summed E-state index contributed by atoms with van der Waals surface area (Å²) in [4.78, 5) is 16.4. The Hall–Kier alpha value is -0.520. The summed E-state index contributed by atoms with van der Waals surface area (Å²) in [6.07, 6.45) is 7.90. The van der Waals surface area contributed by atoms with Crippen molar-refractivity contribution >= 4 is 29.0 Å². The molecule has 1 N–H and O–H groups in total. The lowest BCUT2D eigenvalue weighted by molar-refractivity contribution is -0.132. The summed E-state index contributed by atoms with van der Waals surface area (Å²) in [5.41, 5.74) is 0. The molecule has 21 heavy (non-hydrogen) atoms. The monoisotopic (exact) mass is 324 g/mol. The van der Waals surface area contributed by atoms with Crippen LogP contribution < -0.4 is 5.32 Å². The van der Waals surface area contributed by atoms with E-state index < -0.39 is 0 Å². The van der Waals surface area contributed by atoms with Gasteiger partial charge in [0.05, 0.1) is 6.04 Å². The summed E-state index contributed by atoms with van der Waals surface area (Å²) in [6.45, 7) is 2.15. The molecule has 1 saturated carbocycles. The molecule has 3 rings (SSSR count). The van der Waals surface area contributed by atoms with Crippen LogP contribution in [0.1, 0.15) is 50.1 Å². The normalized spacial score (nSPS) is 33.0. The minimum absolute atomic E-state index is 0.00482. The van der Waals surface area contributed by atoms with E-state index in [0.717, 1.165) is 19.3 Å². The molecule has 1 saturated heterocycles. The van der Waals surface area contributed by atoms with Crippen LogP contribution >= 0.6 is 23.1 Å². The number of nitrogens with one attached hydrogen (secondary N) is 1. The lowest BCUT2D eigenvalue weighted by Gasteiger charge is -2.33. The van der Waals surface area contributed by atoms with Gasteiger partial charge in [0.25, 0.3) is 0 Å². The third-order valence-corrected chi connectivity index (χ3v) is 6.74. The predicted octanol–water partition coefficient (Wildman–Crippen LogP) is 3.63. The maximum absolute atomic E-state index is 12.9. The van der Waals surface area contributed by atoms with E-state index in [-0.39, 0.29) is 12.2 Å². The summed E-state index contributed by atoms with van der Waals surface area (Å²) < 4.78 is 0. The fourth-order valence-electron chi connectivity index (χ4n) is 3.67. The summed E-state index contributed by atoms with van der Waals surface area (Å²) in [5.74, 6) is 0.321. The Kier molecular flexibility index (Phi) is 4.92. The van der Waals surface area contributed by atoms with Crippen LogP contribution in [-0.2, 0) is 4.79 Å². The van der Waals surface area contributed by atoms with E-state index in [1.807, 2.05) is 11.8 Å². The first kappa shape index (κ1) is 15.4. The van der Waals surface area contributed by atoms with Crippen LogP contribution in [0.2, 0.25) is 0 Å². The number of thioether (sulfide) groups is 1. The Bertz CT molecular complexity index is 477. The minimum atomic E-state index is 0.00482. The highest BCUT2D eigenvalue weighted by Crippen LogP contribution is 2.39. The van der Waals surface area contributed by atoms with Gasteiger partial charge in [0, 0.05) is 16.2 Å². The Morgan fingerprint density at radius 3 is 3.00 bits per heavy atom. The molecule has 0 bridgehead atoms. The van der Waals surface area contributed by atoms with Crippen molar-refractivity contribution in [3.05, 3.63) is 22.4 Å². The van der Waals surface area contributed by atoms with E-state index in [1.165, 1.54) is 17.7 Å². The van der Waals surface area contributed by atoms with Gasteiger partial charge in [0.15, 0.2) is 0 Å². The first-order valence-electron chi connectivity index (χ1n) is 7.90. The van der Waals surface area contributed by atoms with E-state index in [0.29, 0.717) is 17.2 Å². The molecule has 5 heteroatoms. The van der Waals surface area contributed by atoms with E-state index in [9.17, 15) is 4.79 Å². The second-order valence-electron chi connectivity index (χ2n) is 5.94. The van der Waals surface area contributed by atoms with E-state index in [2.05, 4.69) is 40.9 Å². The van der Waals surface area contributed by atoms with Crippen molar-refractivity contribution in [1.82, 2.24) is 10.2 Å². The van der Waals surface area contributed by atoms with Crippen LogP contribution in [0.3, 0.4) is 0 Å². The molecular weight excluding hydrogens is 300 g/mol. The number of nitrogens with zero attached hydrogens (tertiary/aromatic N) is 1. The van der Waals surface area contributed by atoms with Crippen molar-refractivity contribution in [3.8, 4) is 0 Å². The summed E-state index contributed by atoms with van der Waals surface area (Å²) in [7, 11) is 0. The standard InChI is InChI=1S/C16H24N2OS2/c1-3-6-11-16(19)18(12-7-4-8-13(12)20-2)15(17-11)14-9-5-10-21-14/h5,9-13,15,17H,3-4,6-8H2,1-2H3. The van der Waals surface area contributed by atoms with Crippen molar-refractivity contribution in [2.75, 3.05) is 6.26 Å². The number of rotatable bonds is 5. The molecular formula is C16H24N2OS2. The first-order chi connectivity index (χ1) is 10.3. The van der Waals surface area contributed by atoms with Gasteiger partial charge in [-0.3, -0.25) is 10.1 Å². The quantitative estimate of drug-likeness (QED) is 0.897. The second kappa shape index (κ2) is 6.71. The van der Waals surface area contributed by atoms with Crippen LogP contribution in [0.5, 0.6) is 0 Å². The van der Waals surface area contributed by atoms with Crippen LogP contribution in [0.4, 0.5) is 0 Å². The van der Waals surface area contributed by atoms with Crippen molar-refractivity contribution < 1.29 is 4.79 Å². The molecule has 1 aliphatic heterocycles. The van der Waals surface area contributed by atoms with Gasteiger partial charge in [-0.2, -0.15) is 11.8 Å². The highest BCUT2D eigenvalue weighted by molar-refractivity contribution is 7.99. The second-order valence-corrected chi connectivity index (χ2v) is 8.00. The van der Waals surface area contributed by atoms with Crippen LogP contribution in [0.15, 0.2) is 17.5 Å². The highest BCUT2D eigenvalue weighted by atomic mass is 32.2. The molecule has 2 aliphatic rings. The Labute approximate surface area is 135 Å². The molecule has 3 nitrogen and oxygen atoms in total. The van der Waals surface area contributed by atoms with E-state index in [4.69, 9.17) is 0 Å². The SMILES string of the molecule is CCCC1NC(c2cccs2)N(C2CCCC2SC)C1=O. The number of amides is 1. The van der Waals surface area contributed by atoms with Crippen molar-refractivity contribution in [1.29, 1.82) is 0 Å². The van der Waals surface area contributed by atoms with Crippen LogP contribution in [0, 0.1) is 0 Å². The van der Waals surface area contributed by atoms with Gasteiger partial charge in [-0.05, 0) is 37.0 Å². The average molecular weight is 325 g/mol. The Morgan fingerprint density at radius 1 is 1.48 bits per heavy atom. The van der Waals surface area contributed by atoms with Crippen molar-refractivity contribution in [2.24, 2.45) is 0 Å². The zero-order valence-corrected chi connectivity index (χ0v) is 14.4. The fourth-order valence-corrected chi connectivity index (χ4v) is 5.43.